The molecule has 0 aliphatic heterocycles. The molecule has 0 atom stereocenters. The quantitative estimate of drug-likeness (QED) is 0.644. The Morgan fingerprint density at radius 3 is 2.42 bits per heavy atom. The van der Waals surface area contributed by atoms with Gasteiger partial charge in [-0.25, -0.2) is 8.42 Å². The molecule has 0 saturated carbocycles. The zero-order valence-electron chi connectivity index (χ0n) is 13.1. The molecule has 0 aliphatic rings. The second-order valence-electron chi connectivity index (χ2n) is 4.83. The van der Waals surface area contributed by atoms with E-state index >= 15 is 0 Å². The van der Waals surface area contributed by atoms with Crippen molar-refractivity contribution in [3.63, 3.8) is 0 Å². The monoisotopic (exact) mass is 385 g/mol. The maximum atomic E-state index is 13.0. The van der Waals surface area contributed by atoms with Gasteiger partial charge >= 0.3 is 0 Å². The SMILES string of the molecule is C=CCN(c1ccc(OCC)cc1)S(=O)(=O)c1cc(Cl)ccc1Cl. The Morgan fingerprint density at radius 1 is 1.17 bits per heavy atom. The molecular weight excluding hydrogens is 369 g/mol. The lowest BCUT2D eigenvalue weighted by atomic mass is 10.3. The smallest absolute Gasteiger partial charge is 0.266 e. The molecule has 0 unspecified atom stereocenters. The summed E-state index contributed by atoms with van der Waals surface area (Å²) in [5.74, 6) is 0.665. The molecular formula is C17H17Cl2NO3S. The minimum Gasteiger partial charge on any atom is -0.494 e. The van der Waals surface area contributed by atoms with Gasteiger partial charge in [0.2, 0.25) is 0 Å². The van der Waals surface area contributed by atoms with Crippen LogP contribution in [0.3, 0.4) is 0 Å². The van der Waals surface area contributed by atoms with E-state index in [2.05, 4.69) is 6.58 Å². The van der Waals surface area contributed by atoms with Crippen LogP contribution in [0.4, 0.5) is 5.69 Å². The second-order valence-corrected chi connectivity index (χ2v) is 7.50. The van der Waals surface area contributed by atoms with E-state index < -0.39 is 10.0 Å². The number of hydrogen-bond donors (Lipinski definition) is 0. The van der Waals surface area contributed by atoms with Crippen LogP contribution < -0.4 is 9.04 Å². The first-order valence-corrected chi connectivity index (χ1v) is 9.41. The summed E-state index contributed by atoms with van der Waals surface area (Å²) in [4.78, 5) is -0.0487. The fourth-order valence-electron chi connectivity index (χ4n) is 2.13. The maximum Gasteiger partial charge on any atom is 0.266 e. The highest BCUT2D eigenvalue weighted by Gasteiger charge is 2.26. The van der Waals surface area contributed by atoms with Crippen molar-refractivity contribution in [3.05, 3.63) is 65.2 Å². The Morgan fingerprint density at radius 2 is 1.83 bits per heavy atom. The Labute approximate surface area is 152 Å². The molecule has 0 saturated heterocycles. The molecule has 128 valence electrons. The van der Waals surface area contributed by atoms with Gasteiger partial charge in [-0.05, 0) is 49.4 Å². The van der Waals surface area contributed by atoms with E-state index in [1.165, 1.54) is 28.6 Å². The Balaban J connectivity index is 2.49. The highest BCUT2D eigenvalue weighted by atomic mass is 35.5. The highest BCUT2D eigenvalue weighted by molar-refractivity contribution is 7.93. The van der Waals surface area contributed by atoms with Gasteiger partial charge in [0, 0.05) is 5.02 Å². The van der Waals surface area contributed by atoms with E-state index in [0.29, 0.717) is 23.1 Å². The van der Waals surface area contributed by atoms with E-state index in [1.807, 2.05) is 6.92 Å². The average molecular weight is 386 g/mol. The summed E-state index contributed by atoms with van der Waals surface area (Å²) in [6.07, 6.45) is 1.51. The molecule has 2 rings (SSSR count). The van der Waals surface area contributed by atoms with E-state index in [4.69, 9.17) is 27.9 Å². The summed E-state index contributed by atoms with van der Waals surface area (Å²) in [5, 5.41) is 0.405. The fourth-order valence-corrected chi connectivity index (χ4v) is 4.30. The predicted molar refractivity (Wildman–Crippen MR) is 98.8 cm³/mol. The first-order chi connectivity index (χ1) is 11.4. The van der Waals surface area contributed by atoms with Crippen molar-refractivity contribution in [3.8, 4) is 5.75 Å². The van der Waals surface area contributed by atoms with Gasteiger partial charge in [-0.15, -0.1) is 6.58 Å². The Bertz CT molecular complexity index is 820. The zero-order chi connectivity index (χ0) is 17.7. The molecule has 0 heterocycles. The third-order valence-corrected chi connectivity index (χ3v) is 5.70. The van der Waals surface area contributed by atoms with Crippen molar-refractivity contribution in [2.45, 2.75) is 11.8 Å². The van der Waals surface area contributed by atoms with Crippen LogP contribution in [0.2, 0.25) is 10.0 Å². The number of benzene rings is 2. The topological polar surface area (TPSA) is 46.6 Å². The van der Waals surface area contributed by atoms with E-state index in [1.54, 1.807) is 24.3 Å². The van der Waals surface area contributed by atoms with Crippen LogP contribution in [0.25, 0.3) is 0 Å². The van der Waals surface area contributed by atoms with Crippen LogP contribution in [0.15, 0.2) is 60.0 Å². The fraction of sp³-hybridized carbons (Fsp3) is 0.176. The minimum absolute atomic E-state index is 0.0487. The normalized spacial score (nSPS) is 11.1. The molecule has 24 heavy (non-hydrogen) atoms. The van der Waals surface area contributed by atoms with Crippen molar-refractivity contribution in [1.82, 2.24) is 0 Å². The number of hydrogen-bond acceptors (Lipinski definition) is 3. The van der Waals surface area contributed by atoms with E-state index in [9.17, 15) is 8.42 Å². The van der Waals surface area contributed by atoms with Gasteiger partial charge < -0.3 is 4.74 Å². The van der Waals surface area contributed by atoms with E-state index in [0.717, 1.165) is 0 Å². The molecule has 0 bridgehead atoms. The summed E-state index contributed by atoms with van der Waals surface area (Å²) in [6, 6.07) is 11.1. The molecule has 0 aliphatic carbocycles. The minimum atomic E-state index is -3.89. The lowest BCUT2D eigenvalue weighted by Crippen LogP contribution is -2.31. The van der Waals surface area contributed by atoms with Crippen LogP contribution in [0, 0.1) is 0 Å². The number of rotatable bonds is 7. The van der Waals surface area contributed by atoms with Crippen LogP contribution in [-0.2, 0) is 10.0 Å². The number of nitrogens with zero attached hydrogens (tertiary/aromatic N) is 1. The molecule has 2 aromatic carbocycles. The lowest BCUT2D eigenvalue weighted by molar-refractivity contribution is 0.340. The maximum absolute atomic E-state index is 13.0. The third kappa shape index (κ3) is 4.04. The molecule has 0 amide bonds. The lowest BCUT2D eigenvalue weighted by Gasteiger charge is -2.24. The summed E-state index contributed by atoms with van der Waals surface area (Å²) < 4.78 is 32.6. The van der Waals surface area contributed by atoms with Gasteiger partial charge in [-0.3, -0.25) is 4.31 Å². The van der Waals surface area contributed by atoms with Crippen LogP contribution in [-0.4, -0.2) is 21.6 Å². The largest absolute Gasteiger partial charge is 0.494 e. The summed E-state index contributed by atoms with van der Waals surface area (Å²) in [7, 11) is -3.89. The summed E-state index contributed by atoms with van der Waals surface area (Å²) >= 11 is 12.0. The molecule has 2 aromatic rings. The second kappa shape index (κ2) is 7.92. The van der Waals surface area contributed by atoms with E-state index in [-0.39, 0.29) is 16.5 Å². The van der Waals surface area contributed by atoms with Crippen molar-refractivity contribution in [2.24, 2.45) is 0 Å². The van der Waals surface area contributed by atoms with Crippen molar-refractivity contribution >= 4 is 38.9 Å². The van der Waals surface area contributed by atoms with Gasteiger partial charge in [0.1, 0.15) is 10.6 Å². The zero-order valence-corrected chi connectivity index (χ0v) is 15.4. The number of anilines is 1. The molecule has 4 nitrogen and oxygen atoms in total. The predicted octanol–water partition coefficient (Wildman–Crippen LogP) is 4.77. The first kappa shape index (κ1) is 18.6. The van der Waals surface area contributed by atoms with Crippen molar-refractivity contribution < 1.29 is 13.2 Å². The number of sulfonamides is 1. The van der Waals surface area contributed by atoms with Crippen LogP contribution in [0.5, 0.6) is 5.75 Å². The van der Waals surface area contributed by atoms with Gasteiger partial charge in [0.25, 0.3) is 10.0 Å². The van der Waals surface area contributed by atoms with Crippen molar-refractivity contribution in [1.29, 1.82) is 0 Å². The number of ether oxygens (including phenoxy) is 1. The molecule has 0 fully saturated rings. The molecule has 7 heteroatoms. The van der Waals surface area contributed by atoms with Crippen molar-refractivity contribution in [2.75, 3.05) is 17.5 Å². The van der Waals surface area contributed by atoms with Gasteiger partial charge in [-0.2, -0.15) is 0 Å². The average Bonchev–Trinajstić information content (AvgIpc) is 2.56. The Hall–Kier alpha value is -1.69. The first-order valence-electron chi connectivity index (χ1n) is 7.21. The van der Waals surface area contributed by atoms with Gasteiger partial charge in [0.15, 0.2) is 0 Å². The highest BCUT2D eigenvalue weighted by Crippen LogP contribution is 2.31. The molecule has 0 aromatic heterocycles. The standard InChI is InChI=1S/C17H17Cl2NO3S/c1-3-11-20(14-6-8-15(9-7-14)23-4-2)24(21,22)17-12-13(18)5-10-16(17)19/h3,5-10,12H,1,4,11H2,2H3. The van der Waals surface area contributed by atoms with Crippen LogP contribution >= 0.6 is 23.2 Å². The Kier molecular flexibility index (Phi) is 6.15. The third-order valence-electron chi connectivity index (χ3n) is 3.19. The van der Waals surface area contributed by atoms with Gasteiger partial charge in [-0.1, -0.05) is 29.3 Å². The molecule has 0 radical (unpaired) electrons. The summed E-state index contributed by atoms with van der Waals surface area (Å²) in [6.45, 7) is 6.14. The van der Waals surface area contributed by atoms with Gasteiger partial charge in [0.05, 0.1) is 23.9 Å². The molecule has 0 spiro atoms. The molecule has 0 N–H and O–H groups in total. The summed E-state index contributed by atoms with van der Waals surface area (Å²) in [5.41, 5.74) is 0.481. The van der Waals surface area contributed by atoms with Crippen LogP contribution in [0.1, 0.15) is 6.92 Å². The number of halogens is 2.